The van der Waals surface area contributed by atoms with Crippen molar-refractivity contribution in [2.45, 2.75) is 50.3 Å². The van der Waals surface area contributed by atoms with Gasteiger partial charge in [0.25, 0.3) is 0 Å². The SMILES string of the molecule is OC(CNC1CC1)CN1CC2CCC1C2. The predicted octanol–water partition coefficient (Wildman–Crippen LogP) is 0.584. The van der Waals surface area contributed by atoms with Gasteiger partial charge in [-0.2, -0.15) is 0 Å². The number of fused-ring (bicyclic) bond motifs is 2. The summed E-state index contributed by atoms with van der Waals surface area (Å²) in [5, 5.41) is 13.3. The van der Waals surface area contributed by atoms with E-state index in [0.717, 1.165) is 31.1 Å². The number of piperidine rings is 1. The van der Waals surface area contributed by atoms with E-state index in [1.807, 2.05) is 0 Å². The zero-order chi connectivity index (χ0) is 10.3. The van der Waals surface area contributed by atoms with E-state index < -0.39 is 0 Å². The Morgan fingerprint density at radius 3 is 2.73 bits per heavy atom. The zero-order valence-electron chi connectivity index (χ0n) is 9.36. The third kappa shape index (κ3) is 2.35. The molecule has 0 radical (unpaired) electrons. The number of aliphatic hydroxyl groups is 1. The van der Waals surface area contributed by atoms with Crippen LogP contribution in [0.2, 0.25) is 0 Å². The molecule has 3 rings (SSSR count). The summed E-state index contributed by atoms with van der Waals surface area (Å²) in [5.41, 5.74) is 0. The highest BCUT2D eigenvalue weighted by Crippen LogP contribution is 2.37. The first kappa shape index (κ1) is 10.1. The van der Waals surface area contributed by atoms with Crippen molar-refractivity contribution in [1.29, 1.82) is 0 Å². The summed E-state index contributed by atoms with van der Waals surface area (Å²) in [7, 11) is 0. The number of β-amino-alcohol motifs (C(OH)–C–C–N with tert-alkyl or cyclic N) is 1. The van der Waals surface area contributed by atoms with Crippen LogP contribution in [0.3, 0.4) is 0 Å². The van der Waals surface area contributed by atoms with Gasteiger partial charge in [0.1, 0.15) is 0 Å². The van der Waals surface area contributed by atoms with Crippen LogP contribution in [0.15, 0.2) is 0 Å². The fraction of sp³-hybridized carbons (Fsp3) is 1.00. The van der Waals surface area contributed by atoms with Crippen molar-refractivity contribution in [1.82, 2.24) is 10.2 Å². The van der Waals surface area contributed by atoms with Crippen molar-refractivity contribution in [3.63, 3.8) is 0 Å². The second-order valence-electron chi connectivity index (χ2n) is 5.62. The van der Waals surface area contributed by atoms with Crippen LogP contribution in [0.5, 0.6) is 0 Å². The lowest BCUT2D eigenvalue weighted by Gasteiger charge is -2.28. The Labute approximate surface area is 91.8 Å². The molecule has 0 aromatic carbocycles. The normalized spacial score (nSPS) is 37.4. The van der Waals surface area contributed by atoms with Gasteiger partial charge in [-0.05, 0) is 38.0 Å². The van der Waals surface area contributed by atoms with E-state index >= 15 is 0 Å². The Kier molecular flexibility index (Phi) is 2.71. The molecule has 3 heteroatoms. The summed E-state index contributed by atoms with van der Waals surface area (Å²) in [6, 6.07) is 1.51. The number of nitrogens with one attached hydrogen (secondary N) is 1. The molecule has 3 atom stereocenters. The van der Waals surface area contributed by atoms with Gasteiger partial charge < -0.3 is 10.4 Å². The molecule has 2 saturated carbocycles. The lowest BCUT2D eigenvalue weighted by atomic mass is 10.1. The fourth-order valence-corrected chi connectivity index (χ4v) is 3.18. The van der Waals surface area contributed by atoms with Gasteiger partial charge in [-0.25, -0.2) is 0 Å². The van der Waals surface area contributed by atoms with Gasteiger partial charge in [-0.1, -0.05) is 0 Å². The molecule has 0 aromatic rings. The van der Waals surface area contributed by atoms with Gasteiger partial charge in [-0.15, -0.1) is 0 Å². The van der Waals surface area contributed by atoms with E-state index in [2.05, 4.69) is 10.2 Å². The molecule has 0 spiro atoms. The first-order valence-corrected chi connectivity index (χ1v) is 6.47. The summed E-state index contributed by atoms with van der Waals surface area (Å²) in [6.07, 6.45) is 6.64. The van der Waals surface area contributed by atoms with E-state index in [1.54, 1.807) is 0 Å². The largest absolute Gasteiger partial charge is 0.390 e. The van der Waals surface area contributed by atoms with Gasteiger partial charge in [-0.3, -0.25) is 4.90 Å². The molecule has 3 nitrogen and oxygen atoms in total. The molecule has 2 bridgehead atoms. The Morgan fingerprint density at radius 1 is 1.27 bits per heavy atom. The fourth-order valence-electron chi connectivity index (χ4n) is 3.18. The molecule has 86 valence electrons. The summed E-state index contributed by atoms with van der Waals surface area (Å²) < 4.78 is 0. The maximum absolute atomic E-state index is 9.91. The average molecular weight is 210 g/mol. The predicted molar refractivity (Wildman–Crippen MR) is 59.7 cm³/mol. The van der Waals surface area contributed by atoms with Crippen molar-refractivity contribution in [2.24, 2.45) is 5.92 Å². The van der Waals surface area contributed by atoms with E-state index in [9.17, 15) is 5.11 Å². The number of hydrogen-bond acceptors (Lipinski definition) is 3. The maximum Gasteiger partial charge on any atom is 0.0791 e. The van der Waals surface area contributed by atoms with Crippen LogP contribution in [-0.4, -0.2) is 47.8 Å². The molecule has 15 heavy (non-hydrogen) atoms. The van der Waals surface area contributed by atoms with Crippen LogP contribution in [-0.2, 0) is 0 Å². The Bertz CT molecular complexity index is 230. The quantitative estimate of drug-likeness (QED) is 0.697. The van der Waals surface area contributed by atoms with Crippen molar-refractivity contribution in [3.8, 4) is 0 Å². The number of aliphatic hydroxyl groups excluding tert-OH is 1. The molecule has 2 N–H and O–H groups in total. The molecule has 1 saturated heterocycles. The number of nitrogens with zero attached hydrogens (tertiary/aromatic N) is 1. The molecule has 0 amide bonds. The molecule has 3 aliphatic rings. The lowest BCUT2D eigenvalue weighted by Crippen LogP contribution is -2.42. The summed E-state index contributed by atoms with van der Waals surface area (Å²) in [6.45, 7) is 2.92. The standard InChI is InChI=1S/C12H22N2O/c15-12(6-13-10-2-3-10)8-14-7-9-1-4-11(14)5-9/h9-13,15H,1-8H2. The van der Waals surface area contributed by atoms with E-state index in [-0.39, 0.29) is 6.10 Å². The van der Waals surface area contributed by atoms with Crippen LogP contribution in [0, 0.1) is 5.92 Å². The number of likely N-dealkylation sites (tertiary alicyclic amines) is 1. The molecule has 3 fully saturated rings. The topological polar surface area (TPSA) is 35.5 Å². The van der Waals surface area contributed by atoms with Crippen LogP contribution in [0.4, 0.5) is 0 Å². The number of rotatable bonds is 5. The lowest BCUT2D eigenvalue weighted by molar-refractivity contribution is 0.0935. The highest BCUT2D eigenvalue weighted by atomic mass is 16.3. The van der Waals surface area contributed by atoms with Crippen molar-refractivity contribution < 1.29 is 5.11 Å². The minimum atomic E-state index is -0.162. The Hall–Kier alpha value is -0.120. The third-order valence-corrected chi connectivity index (χ3v) is 4.19. The highest BCUT2D eigenvalue weighted by Gasteiger charge is 2.38. The van der Waals surface area contributed by atoms with Crippen LogP contribution < -0.4 is 5.32 Å². The third-order valence-electron chi connectivity index (χ3n) is 4.19. The van der Waals surface area contributed by atoms with E-state index in [0.29, 0.717) is 0 Å². The van der Waals surface area contributed by atoms with Gasteiger partial charge in [0.15, 0.2) is 0 Å². The molecule has 3 unspecified atom stereocenters. The van der Waals surface area contributed by atoms with Crippen LogP contribution >= 0.6 is 0 Å². The Morgan fingerprint density at radius 2 is 2.13 bits per heavy atom. The summed E-state index contributed by atoms with van der Waals surface area (Å²) >= 11 is 0. The first-order valence-electron chi connectivity index (χ1n) is 6.47. The zero-order valence-corrected chi connectivity index (χ0v) is 9.36. The minimum absolute atomic E-state index is 0.162. The van der Waals surface area contributed by atoms with Crippen molar-refractivity contribution in [2.75, 3.05) is 19.6 Å². The van der Waals surface area contributed by atoms with Crippen molar-refractivity contribution in [3.05, 3.63) is 0 Å². The molecule has 1 heterocycles. The minimum Gasteiger partial charge on any atom is -0.390 e. The monoisotopic (exact) mass is 210 g/mol. The molecule has 2 aliphatic carbocycles. The smallest absolute Gasteiger partial charge is 0.0791 e. The highest BCUT2D eigenvalue weighted by molar-refractivity contribution is 4.93. The molecular formula is C12H22N2O. The number of hydrogen-bond donors (Lipinski definition) is 2. The van der Waals surface area contributed by atoms with Crippen LogP contribution in [0.25, 0.3) is 0 Å². The Balaban J connectivity index is 1.40. The summed E-state index contributed by atoms with van der Waals surface area (Å²) in [4.78, 5) is 2.51. The van der Waals surface area contributed by atoms with Crippen molar-refractivity contribution >= 4 is 0 Å². The molecule has 0 aromatic heterocycles. The summed E-state index contributed by atoms with van der Waals surface area (Å²) in [5.74, 6) is 0.943. The van der Waals surface area contributed by atoms with Gasteiger partial charge >= 0.3 is 0 Å². The van der Waals surface area contributed by atoms with Crippen LogP contribution in [0.1, 0.15) is 32.1 Å². The van der Waals surface area contributed by atoms with E-state index in [1.165, 1.54) is 38.6 Å². The van der Waals surface area contributed by atoms with Gasteiger partial charge in [0.2, 0.25) is 0 Å². The maximum atomic E-state index is 9.91. The van der Waals surface area contributed by atoms with E-state index in [4.69, 9.17) is 0 Å². The van der Waals surface area contributed by atoms with Gasteiger partial charge in [0.05, 0.1) is 6.10 Å². The molecular weight excluding hydrogens is 188 g/mol. The second kappa shape index (κ2) is 4.04. The second-order valence-corrected chi connectivity index (χ2v) is 5.62. The van der Waals surface area contributed by atoms with Gasteiger partial charge in [0, 0.05) is 31.7 Å². The molecule has 1 aliphatic heterocycles. The average Bonchev–Trinajstić information content (AvgIpc) is 2.84. The first-order chi connectivity index (χ1) is 7.31.